The Balaban J connectivity index is 2.23. The molecule has 1 aromatic rings. The van der Waals surface area contributed by atoms with Gasteiger partial charge in [0.15, 0.2) is 0 Å². The zero-order chi connectivity index (χ0) is 14.9. The van der Waals surface area contributed by atoms with Gasteiger partial charge in [-0.1, -0.05) is 11.6 Å². The predicted octanol–water partition coefficient (Wildman–Crippen LogP) is 2.29. The van der Waals surface area contributed by atoms with Crippen molar-refractivity contribution in [2.75, 3.05) is 20.2 Å². The average Bonchev–Trinajstić information content (AvgIpc) is 2.91. The average molecular weight is 383 g/mol. The smallest absolute Gasteiger partial charge is 0.310 e. The molecular formula is C12H13BrClNO4S. The van der Waals surface area contributed by atoms with E-state index in [2.05, 4.69) is 20.7 Å². The van der Waals surface area contributed by atoms with Crippen LogP contribution in [0.5, 0.6) is 0 Å². The number of rotatable bonds is 3. The van der Waals surface area contributed by atoms with E-state index in [0.717, 1.165) is 0 Å². The number of benzene rings is 1. The molecule has 1 fully saturated rings. The maximum Gasteiger partial charge on any atom is 0.310 e. The van der Waals surface area contributed by atoms with Crippen molar-refractivity contribution in [3.05, 3.63) is 27.7 Å². The van der Waals surface area contributed by atoms with Gasteiger partial charge in [0.1, 0.15) is 0 Å². The number of hydrogen-bond acceptors (Lipinski definition) is 4. The summed E-state index contributed by atoms with van der Waals surface area (Å²) < 4.78 is 31.4. The summed E-state index contributed by atoms with van der Waals surface area (Å²) in [4.78, 5) is 11.6. The highest BCUT2D eigenvalue weighted by Crippen LogP contribution is 2.29. The second-order valence-corrected chi connectivity index (χ2v) is 7.65. The third kappa shape index (κ3) is 3.00. The molecule has 1 aliphatic rings. The number of hydrogen-bond donors (Lipinski definition) is 0. The van der Waals surface area contributed by atoms with Gasteiger partial charge in [-0.25, -0.2) is 8.42 Å². The summed E-state index contributed by atoms with van der Waals surface area (Å²) in [6.07, 6.45) is 0.473. The highest BCUT2D eigenvalue weighted by atomic mass is 79.9. The van der Waals surface area contributed by atoms with E-state index in [0.29, 0.717) is 22.5 Å². The third-order valence-electron chi connectivity index (χ3n) is 3.21. The summed E-state index contributed by atoms with van der Waals surface area (Å²) in [5.41, 5.74) is 0. The topological polar surface area (TPSA) is 63.7 Å². The molecule has 1 atom stereocenters. The summed E-state index contributed by atoms with van der Waals surface area (Å²) in [5.74, 6) is -0.773. The Hall–Kier alpha value is -0.630. The van der Waals surface area contributed by atoms with E-state index >= 15 is 0 Å². The van der Waals surface area contributed by atoms with Gasteiger partial charge in [-0.05, 0) is 40.5 Å². The molecule has 1 aliphatic heterocycles. The van der Waals surface area contributed by atoms with Gasteiger partial charge in [0, 0.05) is 17.6 Å². The maximum atomic E-state index is 12.5. The molecule has 1 aromatic carbocycles. The van der Waals surface area contributed by atoms with Gasteiger partial charge >= 0.3 is 5.97 Å². The molecule has 1 heterocycles. The van der Waals surface area contributed by atoms with Crippen molar-refractivity contribution >= 4 is 43.5 Å². The molecule has 8 heteroatoms. The summed E-state index contributed by atoms with van der Waals surface area (Å²) in [6.45, 7) is 0.456. The largest absolute Gasteiger partial charge is 0.469 e. The number of carbonyl (C=O) groups is 1. The lowest BCUT2D eigenvalue weighted by atomic mass is 10.1. The second kappa shape index (κ2) is 6.01. The minimum atomic E-state index is -3.62. The first-order valence-electron chi connectivity index (χ1n) is 5.89. The maximum absolute atomic E-state index is 12.5. The normalized spacial score (nSPS) is 20.1. The molecule has 0 aliphatic carbocycles. The number of nitrogens with zero attached hydrogens (tertiary/aromatic N) is 1. The molecular weight excluding hydrogens is 370 g/mol. The van der Waals surface area contributed by atoms with Gasteiger partial charge in [0.25, 0.3) is 0 Å². The van der Waals surface area contributed by atoms with Crippen LogP contribution in [0.3, 0.4) is 0 Å². The lowest BCUT2D eigenvalue weighted by molar-refractivity contribution is -0.144. The van der Waals surface area contributed by atoms with Crippen LogP contribution in [0.4, 0.5) is 0 Å². The molecule has 0 bridgehead atoms. The number of halogens is 2. The quantitative estimate of drug-likeness (QED) is 0.753. The fourth-order valence-electron chi connectivity index (χ4n) is 2.09. The molecule has 20 heavy (non-hydrogen) atoms. The number of carbonyl (C=O) groups excluding carboxylic acids is 1. The summed E-state index contributed by atoms with van der Waals surface area (Å²) in [7, 11) is -2.31. The van der Waals surface area contributed by atoms with Crippen molar-refractivity contribution in [2.45, 2.75) is 11.3 Å². The Bertz CT molecular complexity index is 634. The van der Waals surface area contributed by atoms with Crippen LogP contribution in [0.2, 0.25) is 5.02 Å². The van der Waals surface area contributed by atoms with E-state index in [1.165, 1.54) is 29.6 Å². The second-order valence-electron chi connectivity index (χ2n) is 4.45. The van der Waals surface area contributed by atoms with Crippen molar-refractivity contribution in [2.24, 2.45) is 5.92 Å². The molecule has 0 radical (unpaired) electrons. The molecule has 0 aromatic heterocycles. The fourth-order valence-corrected chi connectivity index (χ4v) is 4.27. The van der Waals surface area contributed by atoms with Crippen LogP contribution in [0.1, 0.15) is 6.42 Å². The van der Waals surface area contributed by atoms with Crippen LogP contribution in [0.15, 0.2) is 27.6 Å². The van der Waals surface area contributed by atoms with Crippen molar-refractivity contribution < 1.29 is 17.9 Å². The van der Waals surface area contributed by atoms with Crippen molar-refractivity contribution in [3.8, 4) is 0 Å². The molecule has 5 nitrogen and oxygen atoms in total. The van der Waals surface area contributed by atoms with E-state index in [1.807, 2.05) is 0 Å². The molecule has 1 unspecified atom stereocenters. The number of methoxy groups -OCH3 is 1. The van der Waals surface area contributed by atoms with Crippen LogP contribution in [-0.2, 0) is 19.6 Å². The fraction of sp³-hybridized carbons (Fsp3) is 0.417. The van der Waals surface area contributed by atoms with Gasteiger partial charge in [-0.2, -0.15) is 4.31 Å². The van der Waals surface area contributed by atoms with E-state index in [4.69, 9.17) is 11.6 Å². The lowest BCUT2D eigenvalue weighted by Gasteiger charge is -2.16. The van der Waals surface area contributed by atoms with Crippen LogP contribution in [0.25, 0.3) is 0 Å². The Morgan fingerprint density at radius 2 is 2.20 bits per heavy atom. The molecule has 0 amide bonds. The molecule has 0 saturated carbocycles. The van der Waals surface area contributed by atoms with Crippen LogP contribution in [0, 0.1) is 5.92 Å². The van der Waals surface area contributed by atoms with E-state index < -0.39 is 15.9 Å². The first kappa shape index (κ1) is 15.8. The minimum absolute atomic E-state index is 0.148. The van der Waals surface area contributed by atoms with E-state index in [9.17, 15) is 13.2 Å². The Kier molecular flexibility index (Phi) is 4.73. The highest BCUT2D eigenvalue weighted by molar-refractivity contribution is 9.10. The van der Waals surface area contributed by atoms with Crippen molar-refractivity contribution in [3.63, 3.8) is 0 Å². The van der Waals surface area contributed by atoms with Gasteiger partial charge in [0.05, 0.1) is 22.9 Å². The summed E-state index contributed by atoms with van der Waals surface area (Å²) >= 11 is 9.06. The van der Waals surface area contributed by atoms with E-state index in [-0.39, 0.29) is 17.4 Å². The van der Waals surface area contributed by atoms with Gasteiger partial charge in [-0.3, -0.25) is 4.79 Å². The Morgan fingerprint density at radius 3 is 2.80 bits per heavy atom. The monoisotopic (exact) mass is 381 g/mol. The number of sulfonamides is 1. The summed E-state index contributed by atoms with van der Waals surface area (Å²) in [6, 6.07) is 4.43. The molecule has 0 N–H and O–H groups in total. The minimum Gasteiger partial charge on any atom is -0.469 e. The first-order valence-corrected chi connectivity index (χ1v) is 8.50. The number of ether oxygens (including phenoxy) is 1. The Morgan fingerprint density at radius 1 is 1.50 bits per heavy atom. The van der Waals surface area contributed by atoms with Crippen molar-refractivity contribution in [1.29, 1.82) is 0 Å². The van der Waals surface area contributed by atoms with Gasteiger partial charge in [-0.15, -0.1) is 0 Å². The molecule has 1 saturated heterocycles. The highest BCUT2D eigenvalue weighted by Gasteiger charge is 2.36. The zero-order valence-electron chi connectivity index (χ0n) is 10.7. The van der Waals surface area contributed by atoms with Crippen molar-refractivity contribution in [1.82, 2.24) is 4.31 Å². The number of esters is 1. The van der Waals surface area contributed by atoms with Crippen LogP contribution < -0.4 is 0 Å². The molecule has 110 valence electrons. The van der Waals surface area contributed by atoms with Gasteiger partial charge in [0.2, 0.25) is 10.0 Å². The lowest BCUT2D eigenvalue weighted by Crippen LogP contribution is -2.30. The first-order chi connectivity index (χ1) is 9.36. The summed E-state index contributed by atoms with van der Waals surface area (Å²) in [5, 5.41) is 0.442. The Labute approximate surface area is 131 Å². The van der Waals surface area contributed by atoms with Crippen LogP contribution in [-0.4, -0.2) is 38.9 Å². The van der Waals surface area contributed by atoms with Gasteiger partial charge < -0.3 is 4.74 Å². The zero-order valence-corrected chi connectivity index (χ0v) is 13.8. The molecule has 2 rings (SSSR count). The standard InChI is InChI=1S/C12H13BrClNO4S/c1-19-12(16)8-4-5-15(7-8)20(17,18)9-2-3-11(14)10(13)6-9/h2-3,6,8H,4-5,7H2,1H3. The third-order valence-corrected chi connectivity index (χ3v) is 6.29. The predicted molar refractivity (Wildman–Crippen MR) is 78.0 cm³/mol. The van der Waals surface area contributed by atoms with E-state index in [1.54, 1.807) is 0 Å². The SMILES string of the molecule is COC(=O)C1CCN(S(=O)(=O)c2ccc(Cl)c(Br)c2)C1. The van der Waals surface area contributed by atoms with Crippen LogP contribution >= 0.6 is 27.5 Å². The molecule has 0 spiro atoms.